The number of hydrogen-bond donors (Lipinski definition) is 0. The molecule has 0 spiro atoms. The monoisotopic (exact) mass is 223 g/mol. The van der Waals surface area contributed by atoms with Crippen LogP contribution in [0.15, 0.2) is 67.4 Å². The minimum absolute atomic E-state index is 0.0930. The summed E-state index contributed by atoms with van der Waals surface area (Å²) in [4.78, 5) is 4.50. The van der Waals surface area contributed by atoms with Crippen molar-refractivity contribution in [2.75, 3.05) is 0 Å². The molecule has 2 aromatic rings. The van der Waals surface area contributed by atoms with Gasteiger partial charge < -0.3 is 0 Å². The van der Waals surface area contributed by atoms with Crippen molar-refractivity contribution in [1.29, 1.82) is 0 Å². The molecule has 0 N–H and O–H groups in total. The predicted molar refractivity (Wildman–Crippen MR) is 71.9 cm³/mol. The molecule has 0 radical (unpaired) electrons. The largest absolute Gasteiger partial charge is 0.260 e. The first-order chi connectivity index (χ1) is 8.27. The van der Waals surface area contributed by atoms with Gasteiger partial charge >= 0.3 is 0 Å². The molecule has 2 rings (SSSR count). The Balaban J connectivity index is 2.50. The summed E-state index contributed by atoms with van der Waals surface area (Å²) in [7, 11) is 0. The second kappa shape index (κ2) is 4.96. The van der Waals surface area contributed by atoms with Gasteiger partial charge in [0.05, 0.1) is 5.69 Å². The highest BCUT2D eigenvalue weighted by atomic mass is 14.7. The molecule has 1 atom stereocenters. The smallest absolute Gasteiger partial charge is 0.0509 e. The zero-order chi connectivity index (χ0) is 12.1. The molecule has 1 heteroatoms. The molecule has 0 fully saturated rings. The maximum atomic E-state index is 4.50. The Morgan fingerprint density at radius 3 is 2.41 bits per heavy atom. The molecule has 0 aliphatic rings. The molecule has 0 saturated carbocycles. The minimum atomic E-state index is -0.0930. The average Bonchev–Trinajstić information content (AvgIpc) is 2.41. The zero-order valence-corrected chi connectivity index (χ0v) is 10.1. The van der Waals surface area contributed by atoms with Gasteiger partial charge in [0.2, 0.25) is 0 Å². The fraction of sp³-hybridized carbons (Fsp3) is 0.188. The first-order valence-corrected chi connectivity index (χ1v) is 5.85. The molecule has 0 bridgehead atoms. The Morgan fingerprint density at radius 1 is 1.12 bits per heavy atom. The van der Waals surface area contributed by atoms with Crippen LogP contribution in [0.5, 0.6) is 0 Å². The quantitative estimate of drug-likeness (QED) is 0.715. The Morgan fingerprint density at radius 2 is 1.82 bits per heavy atom. The number of nitrogens with zero attached hydrogens (tertiary/aromatic N) is 1. The summed E-state index contributed by atoms with van der Waals surface area (Å²) in [5.74, 6) is 0. The second-order valence-electron chi connectivity index (χ2n) is 4.41. The van der Waals surface area contributed by atoms with Crippen LogP contribution in [0.25, 0.3) is 0 Å². The Labute approximate surface area is 103 Å². The van der Waals surface area contributed by atoms with Crippen LogP contribution in [0.4, 0.5) is 0 Å². The van der Waals surface area contributed by atoms with Gasteiger partial charge in [0, 0.05) is 11.6 Å². The van der Waals surface area contributed by atoms with Crippen molar-refractivity contribution in [3.8, 4) is 0 Å². The maximum absolute atomic E-state index is 4.50. The molecule has 1 unspecified atom stereocenters. The van der Waals surface area contributed by atoms with Crippen LogP contribution < -0.4 is 0 Å². The van der Waals surface area contributed by atoms with E-state index in [0.29, 0.717) is 0 Å². The summed E-state index contributed by atoms with van der Waals surface area (Å²) >= 11 is 0. The van der Waals surface area contributed by atoms with E-state index in [1.807, 2.05) is 30.5 Å². The molecule has 1 heterocycles. The second-order valence-corrected chi connectivity index (χ2v) is 4.41. The molecule has 0 aliphatic carbocycles. The number of benzene rings is 1. The summed E-state index contributed by atoms with van der Waals surface area (Å²) in [6.45, 7) is 6.08. The number of rotatable bonds is 4. The van der Waals surface area contributed by atoms with Gasteiger partial charge in [-0.3, -0.25) is 4.98 Å². The van der Waals surface area contributed by atoms with E-state index >= 15 is 0 Å². The number of allylic oxidation sites excluding steroid dienone is 1. The SMILES string of the molecule is C=CCC(C)(c1ccccc1)c1ccccn1. The number of aromatic nitrogens is 1. The Hall–Kier alpha value is -1.89. The lowest BCUT2D eigenvalue weighted by molar-refractivity contribution is 0.561. The van der Waals surface area contributed by atoms with Gasteiger partial charge in [-0.2, -0.15) is 0 Å². The van der Waals surface area contributed by atoms with Crippen molar-refractivity contribution in [1.82, 2.24) is 4.98 Å². The zero-order valence-electron chi connectivity index (χ0n) is 10.1. The van der Waals surface area contributed by atoms with Crippen molar-refractivity contribution >= 4 is 0 Å². The van der Waals surface area contributed by atoms with Gasteiger partial charge in [-0.1, -0.05) is 42.5 Å². The van der Waals surface area contributed by atoms with Crippen LogP contribution in [-0.2, 0) is 5.41 Å². The first-order valence-electron chi connectivity index (χ1n) is 5.85. The third-order valence-electron chi connectivity index (χ3n) is 3.19. The van der Waals surface area contributed by atoms with E-state index in [4.69, 9.17) is 0 Å². The van der Waals surface area contributed by atoms with Crippen LogP contribution in [0, 0.1) is 0 Å². The minimum Gasteiger partial charge on any atom is -0.260 e. The molecule has 1 aromatic carbocycles. The predicted octanol–water partition coefficient (Wildman–Crippen LogP) is 3.96. The van der Waals surface area contributed by atoms with E-state index in [9.17, 15) is 0 Å². The molecule has 1 nitrogen and oxygen atoms in total. The molecule has 0 saturated heterocycles. The lowest BCUT2D eigenvalue weighted by Gasteiger charge is -2.28. The Kier molecular flexibility index (Phi) is 3.38. The molecule has 86 valence electrons. The van der Waals surface area contributed by atoms with Gasteiger partial charge in [0.15, 0.2) is 0 Å². The van der Waals surface area contributed by atoms with Crippen molar-refractivity contribution in [2.24, 2.45) is 0 Å². The highest BCUT2D eigenvalue weighted by Gasteiger charge is 2.28. The van der Waals surface area contributed by atoms with E-state index in [0.717, 1.165) is 12.1 Å². The normalized spacial score (nSPS) is 13.9. The van der Waals surface area contributed by atoms with E-state index < -0.39 is 0 Å². The van der Waals surface area contributed by atoms with Crippen LogP contribution in [-0.4, -0.2) is 4.98 Å². The van der Waals surface area contributed by atoms with E-state index in [1.54, 1.807) is 0 Å². The van der Waals surface area contributed by atoms with Crippen LogP contribution in [0.1, 0.15) is 24.6 Å². The van der Waals surface area contributed by atoms with Gasteiger partial charge in [-0.05, 0) is 31.0 Å². The highest BCUT2D eigenvalue weighted by Crippen LogP contribution is 2.33. The van der Waals surface area contributed by atoms with Gasteiger partial charge in [-0.25, -0.2) is 0 Å². The molecule has 0 amide bonds. The fourth-order valence-electron chi connectivity index (χ4n) is 2.15. The van der Waals surface area contributed by atoms with E-state index in [1.165, 1.54) is 5.56 Å². The standard InChI is InChI=1S/C16H17N/c1-3-12-16(2,14-9-5-4-6-10-14)15-11-7-8-13-17-15/h3-11,13H,1,12H2,2H3. The highest BCUT2D eigenvalue weighted by molar-refractivity contribution is 5.35. The maximum Gasteiger partial charge on any atom is 0.0509 e. The summed E-state index contributed by atoms with van der Waals surface area (Å²) in [6.07, 6.45) is 4.69. The average molecular weight is 223 g/mol. The summed E-state index contributed by atoms with van der Waals surface area (Å²) < 4.78 is 0. The van der Waals surface area contributed by atoms with E-state index in [-0.39, 0.29) is 5.41 Å². The number of pyridine rings is 1. The van der Waals surface area contributed by atoms with Gasteiger partial charge in [-0.15, -0.1) is 6.58 Å². The van der Waals surface area contributed by atoms with Crippen molar-refractivity contribution in [2.45, 2.75) is 18.8 Å². The van der Waals surface area contributed by atoms with Crippen molar-refractivity contribution in [3.63, 3.8) is 0 Å². The topological polar surface area (TPSA) is 12.9 Å². The van der Waals surface area contributed by atoms with Crippen LogP contribution in [0.2, 0.25) is 0 Å². The molecular weight excluding hydrogens is 206 g/mol. The first kappa shape index (κ1) is 11.6. The van der Waals surface area contributed by atoms with Crippen LogP contribution in [0.3, 0.4) is 0 Å². The summed E-state index contributed by atoms with van der Waals surface area (Å²) in [6, 6.07) is 16.5. The number of hydrogen-bond acceptors (Lipinski definition) is 1. The summed E-state index contributed by atoms with van der Waals surface area (Å²) in [5.41, 5.74) is 2.27. The summed E-state index contributed by atoms with van der Waals surface area (Å²) in [5, 5.41) is 0. The molecule has 1 aromatic heterocycles. The van der Waals surface area contributed by atoms with Gasteiger partial charge in [0.1, 0.15) is 0 Å². The van der Waals surface area contributed by atoms with Crippen molar-refractivity contribution < 1.29 is 0 Å². The third-order valence-corrected chi connectivity index (χ3v) is 3.19. The van der Waals surface area contributed by atoms with Crippen molar-refractivity contribution in [3.05, 3.63) is 78.6 Å². The lowest BCUT2D eigenvalue weighted by Crippen LogP contribution is -2.24. The fourth-order valence-corrected chi connectivity index (χ4v) is 2.15. The lowest BCUT2D eigenvalue weighted by atomic mass is 9.76. The molecule has 17 heavy (non-hydrogen) atoms. The van der Waals surface area contributed by atoms with Gasteiger partial charge in [0.25, 0.3) is 0 Å². The molecule has 0 aliphatic heterocycles. The Bertz CT molecular complexity index is 434. The van der Waals surface area contributed by atoms with Crippen LogP contribution >= 0.6 is 0 Å². The third kappa shape index (κ3) is 2.28. The van der Waals surface area contributed by atoms with E-state index in [2.05, 4.69) is 48.8 Å². The molecular formula is C16H17N.